The van der Waals surface area contributed by atoms with E-state index in [1.165, 1.54) is 0 Å². The highest BCUT2D eigenvalue weighted by atomic mass is 32.2. The molecule has 0 spiro atoms. The van der Waals surface area contributed by atoms with E-state index >= 15 is 0 Å². The van der Waals surface area contributed by atoms with Gasteiger partial charge >= 0.3 is 5.97 Å². The van der Waals surface area contributed by atoms with Gasteiger partial charge in [-0.1, -0.05) is 24.3 Å². The van der Waals surface area contributed by atoms with Gasteiger partial charge in [0.2, 0.25) is 0 Å². The van der Waals surface area contributed by atoms with E-state index in [-0.39, 0.29) is 11.7 Å². The predicted molar refractivity (Wildman–Crippen MR) is 71.5 cm³/mol. The standard InChI is InChI=1S/C14H13NO2S/c16-14(17)9-13(11-5-4-8-15-10-11)18-12-6-2-1-3-7-12/h1-8,10,13H,9H2,(H,16,17). The molecule has 0 aliphatic rings. The smallest absolute Gasteiger partial charge is 0.304 e. The van der Waals surface area contributed by atoms with E-state index in [0.29, 0.717) is 0 Å². The zero-order chi connectivity index (χ0) is 12.8. The van der Waals surface area contributed by atoms with Gasteiger partial charge < -0.3 is 5.11 Å². The molecule has 0 aliphatic heterocycles. The van der Waals surface area contributed by atoms with Crippen LogP contribution in [-0.4, -0.2) is 16.1 Å². The Morgan fingerprint density at radius 1 is 1.22 bits per heavy atom. The second-order valence-electron chi connectivity index (χ2n) is 3.80. The first kappa shape index (κ1) is 12.6. The monoisotopic (exact) mass is 259 g/mol. The molecular weight excluding hydrogens is 246 g/mol. The number of hydrogen-bond acceptors (Lipinski definition) is 3. The highest BCUT2D eigenvalue weighted by molar-refractivity contribution is 7.99. The second kappa shape index (κ2) is 6.21. The fraction of sp³-hybridized carbons (Fsp3) is 0.143. The number of nitrogens with zero attached hydrogens (tertiary/aromatic N) is 1. The Morgan fingerprint density at radius 2 is 2.00 bits per heavy atom. The number of thioether (sulfide) groups is 1. The number of aliphatic carboxylic acids is 1. The van der Waals surface area contributed by atoms with Gasteiger partial charge in [-0.05, 0) is 23.8 Å². The Kier molecular flexibility index (Phi) is 4.36. The maximum atomic E-state index is 10.9. The molecule has 1 aromatic heterocycles. The highest BCUT2D eigenvalue weighted by Crippen LogP contribution is 2.37. The lowest BCUT2D eigenvalue weighted by molar-refractivity contribution is -0.137. The molecule has 4 heteroatoms. The SMILES string of the molecule is O=C(O)CC(Sc1ccccc1)c1cccnc1. The summed E-state index contributed by atoms with van der Waals surface area (Å²) in [5, 5.41) is 8.88. The summed E-state index contributed by atoms with van der Waals surface area (Å²) < 4.78 is 0. The molecule has 1 unspecified atom stereocenters. The molecule has 0 bridgehead atoms. The Bertz CT molecular complexity index is 502. The molecule has 0 saturated carbocycles. The summed E-state index contributed by atoms with van der Waals surface area (Å²) in [4.78, 5) is 16.1. The van der Waals surface area contributed by atoms with E-state index in [1.54, 1.807) is 24.2 Å². The largest absolute Gasteiger partial charge is 0.481 e. The minimum absolute atomic E-state index is 0.0885. The quantitative estimate of drug-likeness (QED) is 0.836. The van der Waals surface area contributed by atoms with E-state index in [9.17, 15) is 4.79 Å². The van der Waals surface area contributed by atoms with Crippen LogP contribution in [0.4, 0.5) is 0 Å². The van der Waals surface area contributed by atoms with Crippen LogP contribution in [0.3, 0.4) is 0 Å². The number of pyridine rings is 1. The Balaban J connectivity index is 2.18. The molecule has 0 aliphatic carbocycles. The lowest BCUT2D eigenvalue weighted by atomic mass is 10.1. The Labute approximate surface area is 110 Å². The number of carbonyl (C=O) groups is 1. The van der Waals surface area contributed by atoms with Crippen molar-refractivity contribution in [3.8, 4) is 0 Å². The molecule has 2 rings (SSSR count). The Hall–Kier alpha value is -1.81. The van der Waals surface area contributed by atoms with Crippen molar-refractivity contribution in [2.75, 3.05) is 0 Å². The zero-order valence-electron chi connectivity index (χ0n) is 9.69. The first-order valence-corrected chi connectivity index (χ1v) is 6.47. The summed E-state index contributed by atoms with van der Waals surface area (Å²) in [6, 6.07) is 13.5. The predicted octanol–water partition coefficient (Wildman–Crippen LogP) is 3.39. The molecule has 1 heterocycles. The molecular formula is C14H13NO2S. The highest BCUT2D eigenvalue weighted by Gasteiger charge is 2.17. The van der Waals surface area contributed by atoms with Crippen molar-refractivity contribution in [3.05, 3.63) is 60.4 Å². The number of hydrogen-bond donors (Lipinski definition) is 1. The minimum atomic E-state index is -0.799. The molecule has 2 aromatic rings. The molecule has 0 radical (unpaired) electrons. The summed E-state index contributed by atoms with van der Waals surface area (Å²) >= 11 is 1.55. The van der Waals surface area contributed by atoms with Crippen molar-refractivity contribution in [2.45, 2.75) is 16.6 Å². The topological polar surface area (TPSA) is 50.2 Å². The summed E-state index contributed by atoms with van der Waals surface area (Å²) in [5.74, 6) is -0.799. The van der Waals surface area contributed by atoms with Crippen molar-refractivity contribution in [1.82, 2.24) is 4.98 Å². The fourth-order valence-corrected chi connectivity index (χ4v) is 2.76. The number of carboxylic acids is 1. The van der Waals surface area contributed by atoms with Crippen molar-refractivity contribution >= 4 is 17.7 Å². The third-order valence-corrected chi connectivity index (χ3v) is 3.71. The molecule has 0 amide bonds. The molecule has 1 aromatic carbocycles. The van der Waals surface area contributed by atoms with Gasteiger partial charge in [0.1, 0.15) is 0 Å². The van der Waals surface area contributed by atoms with Crippen LogP contribution in [0.2, 0.25) is 0 Å². The normalized spacial score (nSPS) is 12.0. The van der Waals surface area contributed by atoms with Gasteiger partial charge in [-0.25, -0.2) is 0 Å². The first-order chi connectivity index (χ1) is 8.75. The number of aromatic nitrogens is 1. The second-order valence-corrected chi connectivity index (χ2v) is 5.08. The van der Waals surface area contributed by atoms with Gasteiger partial charge in [-0.2, -0.15) is 0 Å². The van der Waals surface area contributed by atoms with Crippen LogP contribution < -0.4 is 0 Å². The van der Waals surface area contributed by atoms with Crippen LogP contribution in [0.15, 0.2) is 59.8 Å². The maximum Gasteiger partial charge on any atom is 0.304 e. The van der Waals surface area contributed by atoms with E-state index < -0.39 is 5.97 Å². The van der Waals surface area contributed by atoms with Crippen LogP contribution >= 0.6 is 11.8 Å². The summed E-state index contributed by atoms with van der Waals surface area (Å²) in [5.41, 5.74) is 0.939. The lowest BCUT2D eigenvalue weighted by Crippen LogP contribution is -2.03. The average molecular weight is 259 g/mol. The van der Waals surface area contributed by atoms with E-state index in [2.05, 4.69) is 4.98 Å². The van der Waals surface area contributed by atoms with Crippen molar-refractivity contribution in [2.24, 2.45) is 0 Å². The number of benzene rings is 1. The van der Waals surface area contributed by atoms with Crippen molar-refractivity contribution in [3.63, 3.8) is 0 Å². The summed E-state index contributed by atoms with van der Waals surface area (Å²) in [6.07, 6.45) is 3.50. The zero-order valence-corrected chi connectivity index (χ0v) is 10.5. The summed E-state index contributed by atoms with van der Waals surface area (Å²) in [7, 11) is 0. The van der Waals surface area contributed by atoms with E-state index in [1.807, 2.05) is 42.5 Å². The summed E-state index contributed by atoms with van der Waals surface area (Å²) in [6.45, 7) is 0. The van der Waals surface area contributed by atoms with Gasteiger partial charge in [-0.3, -0.25) is 9.78 Å². The van der Waals surface area contributed by atoms with Crippen molar-refractivity contribution < 1.29 is 9.90 Å². The van der Waals surface area contributed by atoms with Crippen LogP contribution in [-0.2, 0) is 4.79 Å². The minimum Gasteiger partial charge on any atom is -0.481 e. The first-order valence-electron chi connectivity index (χ1n) is 5.59. The van der Waals surface area contributed by atoms with Gasteiger partial charge in [0, 0.05) is 22.5 Å². The maximum absolute atomic E-state index is 10.9. The lowest BCUT2D eigenvalue weighted by Gasteiger charge is -2.14. The average Bonchev–Trinajstić information content (AvgIpc) is 2.40. The molecule has 3 nitrogen and oxygen atoms in total. The van der Waals surface area contributed by atoms with Crippen LogP contribution in [0, 0.1) is 0 Å². The molecule has 92 valence electrons. The van der Waals surface area contributed by atoms with Gasteiger partial charge in [0.25, 0.3) is 0 Å². The van der Waals surface area contributed by atoms with Crippen molar-refractivity contribution in [1.29, 1.82) is 0 Å². The number of carboxylic acid groups (broad SMARTS) is 1. The van der Waals surface area contributed by atoms with E-state index in [0.717, 1.165) is 10.5 Å². The van der Waals surface area contributed by atoms with Crippen LogP contribution in [0.25, 0.3) is 0 Å². The van der Waals surface area contributed by atoms with Gasteiger partial charge in [0.05, 0.1) is 6.42 Å². The third-order valence-electron chi connectivity index (χ3n) is 2.44. The number of rotatable bonds is 5. The Morgan fingerprint density at radius 3 is 2.61 bits per heavy atom. The molecule has 1 N–H and O–H groups in total. The van der Waals surface area contributed by atoms with Crippen LogP contribution in [0.5, 0.6) is 0 Å². The van der Waals surface area contributed by atoms with Crippen LogP contribution in [0.1, 0.15) is 17.2 Å². The molecule has 0 fully saturated rings. The van der Waals surface area contributed by atoms with E-state index in [4.69, 9.17) is 5.11 Å². The fourth-order valence-electron chi connectivity index (χ4n) is 1.62. The molecule has 0 saturated heterocycles. The third kappa shape index (κ3) is 3.60. The molecule has 18 heavy (non-hydrogen) atoms. The van der Waals surface area contributed by atoms with Gasteiger partial charge in [0.15, 0.2) is 0 Å². The molecule has 1 atom stereocenters. The van der Waals surface area contributed by atoms with Gasteiger partial charge in [-0.15, -0.1) is 11.8 Å².